The van der Waals surface area contributed by atoms with Crippen LogP contribution < -0.4 is 15.4 Å². The van der Waals surface area contributed by atoms with Gasteiger partial charge in [-0.25, -0.2) is 0 Å². The lowest BCUT2D eigenvalue weighted by atomic mass is 10.2. The fourth-order valence-corrected chi connectivity index (χ4v) is 2.72. The molecule has 0 radical (unpaired) electrons. The van der Waals surface area contributed by atoms with E-state index in [0.717, 1.165) is 29.0 Å². The zero-order valence-corrected chi connectivity index (χ0v) is 16.1. The van der Waals surface area contributed by atoms with E-state index in [9.17, 15) is 5.11 Å². The first kappa shape index (κ1) is 20.8. The van der Waals surface area contributed by atoms with E-state index < -0.39 is 6.10 Å². The molecule has 24 heavy (non-hydrogen) atoms. The number of aliphatic hydroxyl groups is 1. The van der Waals surface area contributed by atoms with E-state index in [1.807, 2.05) is 30.3 Å². The van der Waals surface area contributed by atoms with Crippen LogP contribution in [0.25, 0.3) is 0 Å². The molecule has 0 amide bonds. The van der Waals surface area contributed by atoms with Crippen LogP contribution in [0.15, 0.2) is 53.0 Å². The minimum Gasteiger partial charge on any atom is -0.491 e. The number of aliphatic hydroxyl groups excluding tert-OH is 1. The Balaban J connectivity index is 0.00000288. The Morgan fingerprint density at radius 2 is 1.88 bits per heavy atom. The van der Waals surface area contributed by atoms with Gasteiger partial charge in [0.25, 0.3) is 0 Å². The second-order valence-electron chi connectivity index (χ2n) is 5.39. The van der Waals surface area contributed by atoms with Crippen LogP contribution in [0.5, 0.6) is 5.75 Å². The van der Waals surface area contributed by atoms with Gasteiger partial charge in [-0.15, -0.1) is 12.4 Å². The van der Waals surface area contributed by atoms with E-state index in [4.69, 9.17) is 4.74 Å². The van der Waals surface area contributed by atoms with Gasteiger partial charge in [-0.1, -0.05) is 24.3 Å². The molecule has 1 atom stereocenters. The standard InChI is InChI=1S/C18H23BrN2O2.ClH/c1-14-7-8-18(17(19)11-14)21-10-9-20-12-15(22)13-23-16-5-3-2-4-6-16;/h2-8,11,15,20-22H,9-10,12-13H2,1H3;1H. The van der Waals surface area contributed by atoms with Gasteiger partial charge in [-0.3, -0.25) is 0 Å². The molecule has 4 nitrogen and oxygen atoms in total. The predicted octanol–water partition coefficient (Wildman–Crippen LogP) is 3.62. The topological polar surface area (TPSA) is 53.5 Å². The van der Waals surface area contributed by atoms with Crippen molar-refractivity contribution in [3.05, 3.63) is 58.6 Å². The summed E-state index contributed by atoms with van der Waals surface area (Å²) in [5, 5.41) is 16.5. The molecule has 0 aliphatic carbocycles. The third-order valence-corrected chi connectivity index (χ3v) is 3.96. The lowest BCUT2D eigenvalue weighted by Crippen LogP contribution is -2.34. The van der Waals surface area contributed by atoms with Gasteiger partial charge >= 0.3 is 0 Å². The summed E-state index contributed by atoms with van der Waals surface area (Å²) in [5.41, 5.74) is 2.30. The van der Waals surface area contributed by atoms with Gasteiger partial charge < -0.3 is 20.5 Å². The molecule has 2 aromatic carbocycles. The summed E-state index contributed by atoms with van der Waals surface area (Å²) < 4.78 is 6.57. The molecule has 132 valence electrons. The number of halogens is 2. The van der Waals surface area contributed by atoms with E-state index >= 15 is 0 Å². The quantitative estimate of drug-likeness (QED) is 0.548. The first-order chi connectivity index (χ1) is 11.1. The zero-order chi connectivity index (χ0) is 16.5. The monoisotopic (exact) mass is 414 g/mol. The normalized spacial score (nSPS) is 11.5. The third-order valence-electron chi connectivity index (χ3n) is 3.31. The average Bonchev–Trinajstić information content (AvgIpc) is 2.55. The molecule has 2 rings (SSSR count). The molecule has 0 aliphatic heterocycles. The lowest BCUT2D eigenvalue weighted by Gasteiger charge is -2.14. The number of hydrogen-bond acceptors (Lipinski definition) is 4. The van der Waals surface area contributed by atoms with Crippen molar-refractivity contribution in [2.75, 3.05) is 31.6 Å². The van der Waals surface area contributed by atoms with Gasteiger partial charge in [-0.05, 0) is 52.7 Å². The number of aryl methyl sites for hydroxylation is 1. The van der Waals surface area contributed by atoms with E-state index in [0.29, 0.717) is 6.54 Å². The minimum absolute atomic E-state index is 0. The maximum Gasteiger partial charge on any atom is 0.119 e. The molecule has 6 heteroatoms. The van der Waals surface area contributed by atoms with Crippen LogP contribution in [0.4, 0.5) is 5.69 Å². The van der Waals surface area contributed by atoms with Crippen LogP contribution in [-0.2, 0) is 0 Å². The number of benzene rings is 2. The summed E-state index contributed by atoms with van der Waals surface area (Å²) in [4.78, 5) is 0. The SMILES string of the molecule is Cc1ccc(NCCNCC(O)COc2ccccc2)c(Br)c1.Cl. The highest BCUT2D eigenvalue weighted by molar-refractivity contribution is 9.10. The molecule has 0 bridgehead atoms. The fourth-order valence-electron chi connectivity index (χ4n) is 2.09. The number of para-hydroxylation sites is 1. The van der Waals surface area contributed by atoms with Gasteiger partial charge in [0, 0.05) is 29.8 Å². The Labute approximate surface area is 158 Å². The molecule has 0 aromatic heterocycles. The molecule has 0 spiro atoms. The van der Waals surface area contributed by atoms with Gasteiger partial charge in [0.05, 0.1) is 0 Å². The Morgan fingerprint density at radius 1 is 1.12 bits per heavy atom. The predicted molar refractivity (Wildman–Crippen MR) is 105 cm³/mol. The van der Waals surface area contributed by atoms with Crippen molar-refractivity contribution in [1.29, 1.82) is 0 Å². The molecular weight excluding hydrogens is 392 g/mol. The first-order valence-corrected chi connectivity index (χ1v) is 8.51. The summed E-state index contributed by atoms with van der Waals surface area (Å²) in [6.07, 6.45) is -0.527. The Morgan fingerprint density at radius 3 is 2.58 bits per heavy atom. The smallest absolute Gasteiger partial charge is 0.119 e. The third kappa shape index (κ3) is 7.53. The fraction of sp³-hybridized carbons (Fsp3) is 0.333. The van der Waals surface area contributed by atoms with Gasteiger partial charge in [0.15, 0.2) is 0 Å². The summed E-state index contributed by atoms with van der Waals surface area (Å²) >= 11 is 3.54. The van der Waals surface area contributed by atoms with Crippen LogP contribution in [0.3, 0.4) is 0 Å². The van der Waals surface area contributed by atoms with E-state index in [2.05, 4.69) is 51.7 Å². The molecule has 3 N–H and O–H groups in total. The molecule has 0 heterocycles. The highest BCUT2D eigenvalue weighted by Crippen LogP contribution is 2.22. The number of hydrogen-bond donors (Lipinski definition) is 3. The van der Waals surface area contributed by atoms with Crippen molar-refractivity contribution in [3.8, 4) is 5.75 Å². The Kier molecular flexibility index (Phi) is 9.79. The number of ether oxygens (including phenoxy) is 1. The van der Waals surface area contributed by atoms with Crippen molar-refractivity contribution in [2.45, 2.75) is 13.0 Å². The molecule has 1 unspecified atom stereocenters. The molecule has 2 aromatic rings. The van der Waals surface area contributed by atoms with Crippen molar-refractivity contribution in [2.24, 2.45) is 0 Å². The number of anilines is 1. The Bertz CT molecular complexity index is 599. The van der Waals surface area contributed by atoms with E-state index in [-0.39, 0.29) is 19.0 Å². The summed E-state index contributed by atoms with van der Waals surface area (Å²) in [6, 6.07) is 15.7. The van der Waals surface area contributed by atoms with Gasteiger partial charge in [-0.2, -0.15) is 0 Å². The molecule has 0 saturated carbocycles. The van der Waals surface area contributed by atoms with Gasteiger partial charge in [0.1, 0.15) is 18.5 Å². The van der Waals surface area contributed by atoms with Crippen LogP contribution in [-0.4, -0.2) is 37.5 Å². The Hall–Kier alpha value is -1.27. The summed E-state index contributed by atoms with van der Waals surface area (Å²) in [5.74, 6) is 0.775. The van der Waals surface area contributed by atoms with Crippen molar-refractivity contribution in [3.63, 3.8) is 0 Å². The highest BCUT2D eigenvalue weighted by Gasteiger charge is 2.04. The molecule has 0 fully saturated rings. The number of nitrogens with one attached hydrogen (secondary N) is 2. The molecule has 0 aliphatic rings. The van der Waals surface area contributed by atoms with Crippen molar-refractivity contribution < 1.29 is 9.84 Å². The van der Waals surface area contributed by atoms with E-state index in [1.54, 1.807) is 0 Å². The van der Waals surface area contributed by atoms with E-state index in [1.165, 1.54) is 5.56 Å². The van der Waals surface area contributed by atoms with Crippen molar-refractivity contribution in [1.82, 2.24) is 5.32 Å². The highest BCUT2D eigenvalue weighted by atomic mass is 79.9. The van der Waals surface area contributed by atoms with Crippen LogP contribution in [0, 0.1) is 6.92 Å². The van der Waals surface area contributed by atoms with Crippen LogP contribution in [0.2, 0.25) is 0 Å². The average molecular weight is 416 g/mol. The zero-order valence-electron chi connectivity index (χ0n) is 13.7. The summed E-state index contributed by atoms with van der Waals surface area (Å²) in [7, 11) is 0. The first-order valence-electron chi connectivity index (χ1n) is 7.72. The maximum atomic E-state index is 9.89. The molecular formula is C18H24BrClN2O2. The molecule has 0 saturated heterocycles. The second-order valence-corrected chi connectivity index (χ2v) is 6.25. The van der Waals surface area contributed by atoms with Crippen molar-refractivity contribution >= 4 is 34.0 Å². The minimum atomic E-state index is -0.527. The summed E-state index contributed by atoms with van der Waals surface area (Å²) in [6.45, 7) is 4.41. The van der Waals surface area contributed by atoms with Crippen LogP contribution >= 0.6 is 28.3 Å². The second kappa shape index (κ2) is 11.3. The number of rotatable bonds is 9. The van der Waals surface area contributed by atoms with Gasteiger partial charge in [0.2, 0.25) is 0 Å². The lowest BCUT2D eigenvalue weighted by molar-refractivity contribution is 0.107. The van der Waals surface area contributed by atoms with Crippen LogP contribution in [0.1, 0.15) is 5.56 Å². The largest absolute Gasteiger partial charge is 0.491 e. The maximum absolute atomic E-state index is 9.89.